The Morgan fingerprint density at radius 2 is 1.92 bits per heavy atom. The number of likely N-dealkylation sites (tertiary alicyclic amines) is 1. The molecule has 1 atom stereocenters. The van der Waals surface area contributed by atoms with Gasteiger partial charge in [0.05, 0.1) is 17.3 Å². The highest BCUT2D eigenvalue weighted by Gasteiger charge is 2.32. The number of carboxylic acids is 1. The van der Waals surface area contributed by atoms with Gasteiger partial charge in [-0.3, -0.25) is 4.79 Å². The molecular formula is C20H22N2O3. The Labute approximate surface area is 147 Å². The van der Waals surface area contributed by atoms with Crippen LogP contribution in [-0.2, 0) is 0 Å². The Morgan fingerprint density at radius 3 is 2.60 bits per heavy atom. The normalized spacial score (nSPS) is 16.9. The number of rotatable bonds is 3. The molecule has 2 heterocycles. The van der Waals surface area contributed by atoms with Crippen molar-refractivity contribution in [3.05, 3.63) is 64.0 Å². The van der Waals surface area contributed by atoms with Crippen LogP contribution < -0.4 is 0 Å². The first-order valence-electron chi connectivity index (χ1n) is 8.48. The van der Waals surface area contributed by atoms with Crippen molar-refractivity contribution in [2.75, 3.05) is 6.54 Å². The molecule has 0 radical (unpaired) electrons. The number of pyridine rings is 1. The molecule has 25 heavy (non-hydrogen) atoms. The van der Waals surface area contributed by atoms with E-state index in [2.05, 4.69) is 31.0 Å². The fourth-order valence-corrected chi connectivity index (χ4v) is 3.52. The zero-order valence-corrected chi connectivity index (χ0v) is 14.7. The van der Waals surface area contributed by atoms with Crippen molar-refractivity contribution in [2.45, 2.75) is 39.7 Å². The molecule has 0 spiro atoms. The molecule has 0 saturated carbocycles. The summed E-state index contributed by atoms with van der Waals surface area (Å²) in [7, 11) is 0. The van der Waals surface area contributed by atoms with E-state index in [0.717, 1.165) is 12.8 Å². The van der Waals surface area contributed by atoms with Crippen LogP contribution in [0.15, 0.2) is 30.3 Å². The van der Waals surface area contributed by atoms with Gasteiger partial charge in [0.1, 0.15) is 5.69 Å². The fraction of sp³-hybridized carbons (Fsp3) is 0.350. The number of hydrogen-bond donors (Lipinski definition) is 1. The fourth-order valence-electron chi connectivity index (χ4n) is 3.52. The lowest BCUT2D eigenvalue weighted by atomic mass is 9.96. The Morgan fingerprint density at radius 1 is 1.16 bits per heavy atom. The molecule has 0 aliphatic carbocycles. The van der Waals surface area contributed by atoms with Gasteiger partial charge in [0.2, 0.25) is 0 Å². The first-order chi connectivity index (χ1) is 11.9. The number of carbonyl (C=O) groups excluding carboxylic acids is 1. The summed E-state index contributed by atoms with van der Waals surface area (Å²) in [5.41, 5.74) is 4.42. The van der Waals surface area contributed by atoms with Gasteiger partial charge in [0.15, 0.2) is 0 Å². The minimum atomic E-state index is -1.03. The molecule has 1 aromatic heterocycles. The summed E-state index contributed by atoms with van der Waals surface area (Å²) in [6.07, 6.45) is 1.89. The number of amides is 1. The van der Waals surface area contributed by atoms with Gasteiger partial charge in [-0.05, 0) is 62.4 Å². The van der Waals surface area contributed by atoms with Crippen LogP contribution in [0.4, 0.5) is 0 Å². The van der Waals surface area contributed by atoms with E-state index in [1.807, 2.05) is 11.0 Å². The predicted molar refractivity (Wildman–Crippen MR) is 94.9 cm³/mol. The summed E-state index contributed by atoms with van der Waals surface area (Å²) in [4.78, 5) is 30.2. The van der Waals surface area contributed by atoms with E-state index >= 15 is 0 Å². The third kappa shape index (κ3) is 3.14. The number of hydrogen-bond acceptors (Lipinski definition) is 3. The third-order valence-electron chi connectivity index (χ3n) is 5.05. The average molecular weight is 338 g/mol. The second-order valence-electron chi connectivity index (χ2n) is 6.58. The monoisotopic (exact) mass is 338 g/mol. The van der Waals surface area contributed by atoms with E-state index in [1.165, 1.54) is 28.8 Å². The molecule has 3 rings (SSSR count). The molecule has 1 fully saturated rings. The van der Waals surface area contributed by atoms with Crippen LogP contribution in [0, 0.1) is 20.8 Å². The summed E-state index contributed by atoms with van der Waals surface area (Å²) >= 11 is 0. The summed E-state index contributed by atoms with van der Waals surface area (Å²) in [5.74, 6) is -1.16. The van der Waals surface area contributed by atoms with E-state index in [-0.39, 0.29) is 17.5 Å². The highest BCUT2D eigenvalue weighted by Crippen LogP contribution is 2.35. The molecule has 1 aromatic carbocycles. The minimum Gasteiger partial charge on any atom is -0.478 e. The van der Waals surface area contributed by atoms with Crippen LogP contribution in [0.1, 0.15) is 62.1 Å². The number of aromatic nitrogens is 1. The molecule has 0 bridgehead atoms. The van der Waals surface area contributed by atoms with Crippen molar-refractivity contribution in [1.29, 1.82) is 0 Å². The Hall–Kier alpha value is -2.69. The highest BCUT2D eigenvalue weighted by molar-refractivity contribution is 5.94. The van der Waals surface area contributed by atoms with Gasteiger partial charge in [0.25, 0.3) is 5.91 Å². The van der Waals surface area contributed by atoms with E-state index in [1.54, 1.807) is 6.92 Å². The number of benzene rings is 1. The van der Waals surface area contributed by atoms with Gasteiger partial charge in [-0.25, -0.2) is 9.78 Å². The first kappa shape index (κ1) is 17.1. The van der Waals surface area contributed by atoms with Crippen molar-refractivity contribution in [2.24, 2.45) is 0 Å². The predicted octanol–water partition coefficient (Wildman–Crippen LogP) is 3.68. The SMILES string of the molecule is Cc1cccc(C2CCCN2C(=O)c2ccc(C(=O)O)c(C)n2)c1C. The lowest BCUT2D eigenvalue weighted by molar-refractivity contribution is 0.0689. The number of aryl methyl sites for hydroxylation is 2. The smallest absolute Gasteiger partial charge is 0.337 e. The molecule has 5 heteroatoms. The van der Waals surface area contributed by atoms with Crippen molar-refractivity contribution < 1.29 is 14.7 Å². The van der Waals surface area contributed by atoms with E-state index in [4.69, 9.17) is 5.11 Å². The van der Waals surface area contributed by atoms with Gasteiger partial charge in [0, 0.05) is 6.54 Å². The second kappa shape index (κ2) is 6.67. The Balaban J connectivity index is 1.92. The summed E-state index contributed by atoms with van der Waals surface area (Å²) in [6, 6.07) is 9.22. The number of carboxylic acid groups (broad SMARTS) is 1. The summed E-state index contributed by atoms with van der Waals surface area (Å²) in [6.45, 7) is 6.48. The van der Waals surface area contributed by atoms with Crippen molar-refractivity contribution in [3.63, 3.8) is 0 Å². The van der Waals surface area contributed by atoms with Gasteiger partial charge < -0.3 is 10.0 Å². The minimum absolute atomic E-state index is 0.0497. The summed E-state index contributed by atoms with van der Waals surface area (Å²) in [5, 5.41) is 9.12. The molecule has 1 unspecified atom stereocenters. The number of nitrogens with zero attached hydrogens (tertiary/aromatic N) is 2. The molecule has 1 saturated heterocycles. The maximum absolute atomic E-state index is 13.0. The molecule has 1 amide bonds. The zero-order chi connectivity index (χ0) is 18.1. The van der Waals surface area contributed by atoms with Crippen LogP contribution >= 0.6 is 0 Å². The largest absolute Gasteiger partial charge is 0.478 e. The Kier molecular flexibility index (Phi) is 4.57. The standard InChI is InChI=1S/C20H22N2O3/c1-12-6-4-7-15(13(12)2)18-8-5-11-22(18)19(23)17-10-9-16(20(24)25)14(3)21-17/h4,6-7,9-10,18H,5,8,11H2,1-3H3,(H,24,25). The number of carbonyl (C=O) groups is 2. The number of aromatic carboxylic acids is 1. The topological polar surface area (TPSA) is 70.5 Å². The van der Waals surface area contributed by atoms with Crippen molar-refractivity contribution >= 4 is 11.9 Å². The molecule has 130 valence electrons. The molecule has 1 N–H and O–H groups in total. The van der Waals surface area contributed by atoms with Gasteiger partial charge in [-0.15, -0.1) is 0 Å². The van der Waals surface area contributed by atoms with Crippen LogP contribution in [-0.4, -0.2) is 33.4 Å². The van der Waals surface area contributed by atoms with Crippen molar-refractivity contribution in [3.8, 4) is 0 Å². The van der Waals surface area contributed by atoms with Gasteiger partial charge in [-0.1, -0.05) is 18.2 Å². The summed E-state index contributed by atoms with van der Waals surface area (Å²) < 4.78 is 0. The van der Waals surface area contributed by atoms with Crippen LogP contribution in [0.25, 0.3) is 0 Å². The lowest BCUT2D eigenvalue weighted by Crippen LogP contribution is -2.31. The van der Waals surface area contributed by atoms with Crippen molar-refractivity contribution in [1.82, 2.24) is 9.88 Å². The molecule has 1 aliphatic rings. The average Bonchev–Trinajstić information content (AvgIpc) is 3.05. The third-order valence-corrected chi connectivity index (χ3v) is 5.05. The van der Waals surface area contributed by atoms with Gasteiger partial charge in [-0.2, -0.15) is 0 Å². The van der Waals surface area contributed by atoms with E-state index < -0.39 is 5.97 Å². The highest BCUT2D eigenvalue weighted by atomic mass is 16.4. The molecule has 5 nitrogen and oxygen atoms in total. The molecule has 1 aliphatic heterocycles. The van der Waals surface area contributed by atoms with Crippen LogP contribution in [0.3, 0.4) is 0 Å². The first-order valence-corrected chi connectivity index (χ1v) is 8.48. The van der Waals surface area contributed by atoms with Gasteiger partial charge >= 0.3 is 5.97 Å². The quantitative estimate of drug-likeness (QED) is 0.927. The zero-order valence-electron chi connectivity index (χ0n) is 14.7. The maximum atomic E-state index is 13.0. The molecule has 2 aromatic rings. The molecular weight excluding hydrogens is 316 g/mol. The Bertz CT molecular complexity index is 845. The lowest BCUT2D eigenvalue weighted by Gasteiger charge is -2.26. The maximum Gasteiger partial charge on any atom is 0.337 e. The van der Waals surface area contributed by atoms with Crippen LogP contribution in [0.5, 0.6) is 0 Å². The van der Waals surface area contributed by atoms with E-state index in [9.17, 15) is 9.59 Å². The second-order valence-corrected chi connectivity index (χ2v) is 6.58. The van der Waals surface area contributed by atoms with Crippen LogP contribution in [0.2, 0.25) is 0 Å². The van der Waals surface area contributed by atoms with E-state index in [0.29, 0.717) is 17.9 Å².